The van der Waals surface area contributed by atoms with E-state index in [-0.39, 0.29) is 0 Å². The standard InChI is InChI=1S/C9H9ClO2S/c1-2-12-9(11)7-5-6(13)3-4-8(7)10/h3-5,13H,2H2,1H3. The van der Waals surface area contributed by atoms with Gasteiger partial charge in [-0.05, 0) is 25.1 Å². The van der Waals surface area contributed by atoms with Gasteiger partial charge in [-0.25, -0.2) is 4.79 Å². The summed E-state index contributed by atoms with van der Waals surface area (Å²) in [6.45, 7) is 2.09. The second-order valence-corrected chi connectivity index (χ2v) is 3.31. The van der Waals surface area contributed by atoms with Crippen molar-refractivity contribution in [2.45, 2.75) is 11.8 Å². The number of esters is 1. The molecule has 1 rings (SSSR count). The zero-order chi connectivity index (χ0) is 9.84. The van der Waals surface area contributed by atoms with Crippen LogP contribution in [0.5, 0.6) is 0 Å². The van der Waals surface area contributed by atoms with Crippen LogP contribution in [0.25, 0.3) is 0 Å². The van der Waals surface area contributed by atoms with E-state index in [2.05, 4.69) is 12.6 Å². The monoisotopic (exact) mass is 216 g/mol. The highest BCUT2D eigenvalue weighted by molar-refractivity contribution is 7.80. The molecule has 0 saturated carbocycles. The Morgan fingerprint density at radius 2 is 2.31 bits per heavy atom. The highest BCUT2D eigenvalue weighted by atomic mass is 35.5. The fourth-order valence-electron chi connectivity index (χ4n) is 0.879. The molecule has 0 N–H and O–H groups in total. The molecule has 0 fully saturated rings. The third-order valence-electron chi connectivity index (χ3n) is 1.45. The molecule has 1 aromatic rings. The lowest BCUT2D eigenvalue weighted by Gasteiger charge is -2.03. The highest BCUT2D eigenvalue weighted by Crippen LogP contribution is 2.20. The number of hydrogen-bond acceptors (Lipinski definition) is 3. The summed E-state index contributed by atoms with van der Waals surface area (Å²) in [5.41, 5.74) is 0.357. The largest absolute Gasteiger partial charge is 0.462 e. The van der Waals surface area contributed by atoms with Gasteiger partial charge in [-0.3, -0.25) is 0 Å². The first kappa shape index (κ1) is 10.4. The lowest BCUT2D eigenvalue weighted by Crippen LogP contribution is -2.05. The van der Waals surface area contributed by atoms with Crippen molar-refractivity contribution in [2.24, 2.45) is 0 Å². The van der Waals surface area contributed by atoms with Gasteiger partial charge in [0.05, 0.1) is 17.2 Å². The summed E-state index contributed by atoms with van der Waals surface area (Å²) in [6.07, 6.45) is 0. The Kier molecular flexibility index (Phi) is 3.63. The van der Waals surface area contributed by atoms with Gasteiger partial charge in [0.2, 0.25) is 0 Å². The summed E-state index contributed by atoms with van der Waals surface area (Å²) in [5.74, 6) is -0.414. The normalized spacial score (nSPS) is 9.77. The van der Waals surface area contributed by atoms with Crippen LogP contribution in [0.3, 0.4) is 0 Å². The molecule has 70 valence electrons. The summed E-state index contributed by atoms with van der Waals surface area (Å²) in [7, 11) is 0. The van der Waals surface area contributed by atoms with Crippen LogP contribution in [-0.4, -0.2) is 12.6 Å². The molecule has 0 aliphatic heterocycles. The van der Waals surface area contributed by atoms with E-state index >= 15 is 0 Å². The molecule has 4 heteroatoms. The minimum absolute atomic E-state index is 0.339. The first-order valence-electron chi connectivity index (χ1n) is 3.80. The molecule has 1 aromatic carbocycles. The van der Waals surface area contributed by atoms with E-state index in [0.717, 1.165) is 0 Å². The molecular weight excluding hydrogens is 208 g/mol. The van der Waals surface area contributed by atoms with Crippen LogP contribution in [-0.2, 0) is 4.74 Å². The van der Waals surface area contributed by atoms with E-state index in [1.165, 1.54) is 0 Å². The topological polar surface area (TPSA) is 26.3 Å². The third-order valence-corrected chi connectivity index (χ3v) is 2.05. The van der Waals surface area contributed by atoms with E-state index in [4.69, 9.17) is 16.3 Å². The molecule has 0 aliphatic rings. The number of halogens is 1. The van der Waals surface area contributed by atoms with Gasteiger partial charge in [0.15, 0.2) is 0 Å². The molecule has 0 heterocycles. The molecule has 13 heavy (non-hydrogen) atoms. The van der Waals surface area contributed by atoms with E-state index < -0.39 is 5.97 Å². The van der Waals surface area contributed by atoms with Gasteiger partial charge < -0.3 is 4.74 Å². The molecule has 0 atom stereocenters. The highest BCUT2D eigenvalue weighted by Gasteiger charge is 2.10. The average Bonchev–Trinajstić information content (AvgIpc) is 2.09. The lowest BCUT2D eigenvalue weighted by atomic mass is 10.2. The SMILES string of the molecule is CCOC(=O)c1cc(S)ccc1Cl. The van der Waals surface area contributed by atoms with Crippen molar-refractivity contribution >= 4 is 30.2 Å². The van der Waals surface area contributed by atoms with Crippen molar-refractivity contribution < 1.29 is 9.53 Å². The van der Waals surface area contributed by atoms with Gasteiger partial charge in [-0.15, -0.1) is 12.6 Å². The van der Waals surface area contributed by atoms with Crippen LogP contribution in [0.4, 0.5) is 0 Å². The molecule has 0 unspecified atom stereocenters. The van der Waals surface area contributed by atoms with Crippen molar-refractivity contribution in [1.82, 2.24) is 0 Å². The maximum atomic E-state index is 11.3. The number of carbonyl (C=O) groups excluding carboxylic acids is 1. The van der Waals surface area contributed by atoms with Crippen molar-refractivity contribution in [2.75, 3.05) is 6.61 Å². The van der Waals surface area contributed by atoms with Gasteiger partial charge in [0.1, 0.15) is 0 Å². The van der Waals surface area contributed by atoms with Gasteiger partial charge >= 0.3 is 5.97 Å². The first-order chi connectivity index (χ1) is 6.15. The molecule has 0 bridgehead atoms. The lowest BCUT2D eigenvalue weighted by molar-refractivity contribution is 0.0526. The van der Waals surface area contributed by atoms with Crippen LogP contribution in [0, 0.1) is 0 Å². The van der Waals surface area contributed by atoms with Crippen LogP contribution < -0.4 is 0 Å². The Balaban J connectivity index is 2.99. The zero-order valence-electron chi connectivity index (χ0n) is 7.08. The van der Waals surface area contributed by atoms with E-state index in [1.54, 1.807) is 25.1 Å². The summed E-state index contributed by atoms with van der Waals surface area (Å²) in [6, 6.07) is 4.92. The van der Waals surface area contributed by atoms with Crippen LogP contribution in [0.15, 0.2) is 23.1 Å². The number of carbonyl (C=O) groups is 1. The number of hydrogen-bond donors (Lipinski definition) is 1. The van der Waals surface area contributed by atoms with Gasteiger partial charge in [-0.1, -0.05) is 11.6 Å². The van der Waals surface area contributed by atoms with Crippen LogP contribution in [0.1, 0.15) is 17.3 Å². The van der Waals surface area contributed by atoms with Crippen molar-refractivity contribution in [3.8, 4) is 0 Å². The quantitative estimate of drug-likeness (QED) is 0.608. The molecule has 2 nitrogen and oxygen atoms in total. The summed E-state index contributed by atoms with van der Waals surface area (Å²) >= 11 is 9.89. The Hall–Kier alpha value is -0.670. The Morgan fingerprint density at radius 1 is 1.62 bits per heavy atom. The predicted molar refractivity (Wildman–Crippen MR) is 54.7 cm³/mol. The number of ether oxygens (including phenoxy) is 1. The molecule has 0 aliphatic carbocycles. The third kappa shape index (κ3) is 2.64. The summed E-state index contributed by atoms with van der Waals surface area (Å²) in [4.78, 5) is 12.0. The second-order valence-electron chi connectivity index (χ2n) is 2.38. The fourth-order valence-corrected chi connectivity index (χ4v) is 1.28. The van der Waals surface area contributed by atoms with Crippen molar-refractivity contribution in [3.63, 3.8) is 0 Å². The molecular formula is C9H9ClO2S. The maximum Gasteiger partial charge on any atom is 0.339 e. The molecule has 0 aromatic heterocycles. The first-order valence-corrected chi connectivity index (χ1v) is 4.63. The molecule has 0 spiro atoms. The predicted octanol–water partition coefficient (Wildman–Crippen LogP) is 2.81. The van der Waals surface area contributed by atoms with Crippen LogP contribution >= 0.6 is 24.2 Å². The maximum absolute atomic E-state index is 11.3. The van der Waals surface area contributed by atoms with Crippen molar-refractivity contribution in [1.29, 1.82) is 0 Å². The minimum Gasteiger partial charge on any atom is -0.462 e. The Morgan fingerprint density at radius 3 is 2.92 bits per heavy atom. The second kappa shape index (κ2) is 4.53. The molecule has 0 saturated heterocycles. The fraction of sp³-hybridized carbons (Fsp3) is 0.222. The van der Waals surface area contributed by atoms with E-state index in [0.29, 0.717) is 22.1 Å². The number of thiol groups is 1. The van der Waals surface area contributed by atoms with Gasteiger partial charge in [0, 0.05) is 4.90 Å². The van der Waals surface area contributed by atoms with Crippen molar-refractivity contribution in [3.05, 3.63) is 28.8 Å². The minimum atomic E-state index is -0.414. The average molecular weight is 217 g/mol. The number of rotatable bonds is 2. The summed E-state index contributed by atoms with van der Waals surface area (Å²) in [5, 5.41) is 0.385. The Bertz CT molecular complexity index is 325. The van der Waals surface area contributed by atoms with Gasteiger partial charge in [0.25, 0.3) is 0 Å². The van der Waals surface area contributed by atoms with E-state index in [1.807, 2.05) is 0 Å². The Labute approximate surface area is 87.3 Å². The smallest absolute Gasteiger partial charge is 0.339 e. The van der Waals surface area contributed by atoms with E-state index in [9.17, 15) is 4.79 Å². The molecule has 0 radical (unpaired) electrons. The van der Waals surface area contributed by atoms with Crippen LogP contribution in [0.2, 0.25) is 5.02 Å². The molecule has 0 amide bonds. The van der Waals surface area contributed by atoms with Gasteiger partial charge in [-0.2, -0.15) is 0 Å². The summed E-state index contributed by atoms with van der Waals surface area (Å²) < 4.78 is 4.81. The number of benzene rings is 1. The zero-order valence-corrected chi connectivity index (χ0v) is 8.73.